The molecule has 7 heteroatoms. The molecule has 6 nitrogen and oxygen atoms in total. The van der Waals surface area contributed by atoms with E-state index in [4.69, 9.17) is 11.6 Å². The molecule has 0 fully saturated rings. The van der Waals surface area contributed by atoms with Crippen LogP contribution in [0.25, 0.3) is 5.65 Å². The first-order chi connectivity index (χ1) is 7.86. The molecule has 2 aromatic heterocycles. The summed E-state index contributed by atoms with van der Waals surface area (Å²) >= 11 is 5.70. The van der Waals surface area contributed by atoms with Crippen LogP contribution < -0.4 is 4.90 Å². The molecule has 0 unspecified atom stereocenters. The van der Waals surface area contributed by atoms with Crippen LogP contribution in [-0.4, -0.2) is 44.0 Å². The number of halogens is 1. The summed E-state index contributed by atoms with van der Waals surface area (Å²) in [7, 11) is 0. The molecule has 16 heavy (non-hydrogen) atoms. The molecule has 2 aromatic rings. The normalized spacial score (nSPS) is 10.9. The highest BCUT2D eigenvalue weighted by Gasteiger charge is 2.10. The Bertz CT molecular complexity index is 456. The van der Waals surface area contributed by atoms with Gasteiger partial charge < -0.3 is 4.90 Å². The summed E-state index contributed by atoms with van der Waals surface area (Å²) in [5.74, 6) is 1.55. The summed E-state index contributed by atoms with van der Waals surface area (Å²) in [4.78, 5) is 6.28. The molecular formula is C9H13ClN6. The Hall–Kier alpha value is -1.43. The summed E-state index contributed by atoms with van der Waals surface area (Å²) in [6, 6.07) is 0. The average molecular weight is 241 g/mol. The number of hydrogen-bond acceptors (Lipinski definition) is 5. The molecule has 0 saturated heterocycles. The third-order valence-electron chi connectivity index (χ3n) is 2.36. The van der Waals surface area contributed by atoms with E-state index >= 15 is 0 Å². The summed E-state index contributed by atoms with van der Waals surface area (Å²) < 4.78 is 1.69. The number of nitrogens with zero attached hydrogens (tertiary/aromatic N) is 6. The predicted octanol–water partition coefficient (Wildman–Crippen LogP) is 0.974. The first kappa shape index (κ1) is 11.1. The van der Waals surface area contributed by atoms with E-state index in [0.29, 0.717) is 11.5 Å². The van der Waals surface area contributed by atoms with Gasteiger partial charge in [0, 0.05) is 19.0 Å². The minimum atomic E-state index is 0.648. The van der Waals surface area contributed by atoms with Crippen LogP contribution in [-0.2, 0) is 0 Å². The monoisotopic (exact) mass is 240 g/mol. The molecule has 0 spiro atoms. The lowest BCUT2D eigenvalue weighted by Gasteiger charge is -2.21. The fourth-order valence-corrected chi connectivity index (χ4v) is 1.68. The maximum absolute atomic E-state index is 5.70. The molecule has 0 amide bonds. The summed E-state index contributed by atoms with van der Waals surface area (Å²) in [5, 5.41) is 11.4. The van der Waals surface area contributed by atoms with Gasteiger partial charge in [-0.2, -0.15) is 4.52 Å². The van der Waals surface area contributed by atoms with Crippen molar-refractivity contribution < 1.29 is 0 Å². The van der Waals surface area contributed by atoms with Crippen LogP contribution in [0.3, 0.4) is 0 Å². The van der Waals surface area contributed by atoms with Crippen molar-refractivity contribution in [2.45, 2.75) is 13.3 Å². The van der Waals surface area contributed by atoms with E-state index in [1.807, 2.05) is 0 Å². The van der Waals surface area contributed by atoms with Crippen molar-refractivity contribution >= 4 is 23.1 Å². The molecule has 0 N–H and O–H groups in total. The van der Waals surface area contributed by atoms with E-state index in [0.717, 1.165) is 25.3 Å². The second-order valence-corrected chi connectivity index (χ2v) is 3.71. The van der Waals surface area contributed by atoms with E-state index in [9.17, 15) is 0 Å². The maximum Gasteiger partial charge on any atom is 0.199 e. The summed E-state index contributed by atoms with van der Waals surface area (Å²) in [6.45, 7) is 3.83. The number of alkyl halides is 1. The van der Waals surface area contributed by atoms with Gasteiger partial charge in [0.15, 0.2) is 11.5 Å². The molecule has 0 aliphatic heterocycles. The van der Waals surface area contributed by atoms with E-state index in [1.54, 1.807) is 16.9 Å². The number of fused-ring (bicyclic) bond motifs is 1. The van der Waals surface area contributed by atoms with Gasteiger partial charge in [0.05, 0.1) is 12.4 Å². The van der Waals surface area contributed by atoms with Gasteiger partial charge in [0.1, 0.15) is 0 Å². The zero-order chi connectivity index (χ0) is 11.4. The van der Waals surface area contributed by atoms with E-state index < -0.39 is 0 Å². The first-order valence-electron chi connectivity index (χ1n) is 5.19. The van der Waals surface area contributed by atoms with Crippen LogP contribution >= 0.6 is 11.6 Å². The van der Waals surface area contributed by atoms with Crippen molar-refractivity contribution in [2.24, 2.45) is 0 Å². The second kappa shape index (κ2) is 5.07. The minimum Gasteiger partial charge on any atom is -0.355 e. The van der Waals surface area contributed by atoms with Crippen LogP contribution in [0.15, 0.2) is 12.4 Å². The summed E-state index contributed by atoms with van der Waals surface area (Å²) in [6.07, 6.45) is 4.33. The number of anilines is 1. The molecule has 0 aromatic carbocycles. The van der Waals surface area contributed by atoms with Crippen molar-refractivity contribution in [1.82, 2.24) is 25.0 Å². The van der Waals surface area contributed by atoms with Gasteiger partial charge in [-0.1, -0.05) is 0 Å². The number of tetrazole rings is 1. The minimum absolute atomic E-state index is 0.648. The molecule has 0 aliphatic rings. The second-order valence-electron chi connectivity index (χ2n) is 3.34. The lowest BCUT2D eigenvalue weighted by molar-refractivity contribution is 0.736. The quantitative estimate of drug-likeness (QED) is 0.729. The van der Waals surface area contributed by atoms with Crippen LogP contribution in [0.2, 0.25) is 0 Å². The van der Waals surface area contributed by atoms with Gasteiger partial charge in [0.25, 0.3) is 0 Å². The Morgan fingerprint density at radius 2 is 2.31 bits per heavy atom. The molecule has 86 valence electrons. The highest BCUT2D eigenvalue weighted by Crippen LogP contribution is 2.12. The first-order valence-corrected chi connectivity index (χ1v) is 5.73. The van der Waals surface area contributed by atoms with Crippen molar-refractivity contribution in [3.05, 3.63) is 12.4 Å². The highest BCUT2D eigenvalue weighted by molar-refractivity contribution is 6.17. The molecule has 2 heterocycles. The van der Waals surface area contributed by atoms with Gasteiger partial charge in [0.2, 0.25) is 0 Å². The molecule has 0 saturated carbocycles. The van der Waals surface area contributed by atoms with Gasteiger partial charge >= 0.3 is 0 Å². The van der Waals surface area contributed by atoms with Crippen LogP contribution in [0.4, 0.5) is 5.82 Å². The maximum atomic E-state index is 5.70. The molecule has 0 bridgehead atoms. The van der Waals surface area contributed by atoms with Crippen LogP contribution in [0, 0.1) is 0 Å². The van der Waals surface area contributed by atoms with Gasteiger partial charge in [-0.25, -0.2) is 0 Å². The summed E-state index contributed by atoms with van der Waals surface area (Å²) in [5.41, 5.74) is 0.654. The largest absolute Gasteiger partial charge is 0.355 e. The molecule has 0 aliphatic carbocycles. The van der Waals surface area contributed by atoms with Crippen LogP contribution in [0.1, 0.15) is 13.3 Å². The van der Waals surface area contributed by atoms with Gasteiger partial charge in [-0.15, -0.1) is 16.7 Å². The lowest BCUT2D eigenvalue weighted by Crippen LogP contribution is -2.26. The fourth-order valence-electron chi connectivity index (χ4n) is 1.56. The van der Waals surface area contributed by atoms with Gasteiger partial charge in [-0.3, -0.25) is 4.98 Å². The number of hydrogen-bond donors (Lipinski definition) is 0. The molecule has 0 atom stereocenters. The predicted molar refractivity (Wildman–Crippen MR) is 61.8 cm³/mol. The Morgan fingerprint density at radius 3 is 3.06 bits per heavy atom. The number of aromatic nitrogens is 5. The Kier molecular flexibility index (Phi) is 3.51. The Balaban J connectivity index is 2.32. The molecular weight excluding hydrogens is 228 g/mol. The van der Waals surface area contributed by atoms with Crippen molar-refractivity contribution in [1.29, 1.82) is 0 Å². The van der Waals surface area contributed by atoms with E-state index in [1.165, 1.54) is 0 Å². The van der Waals surface area contributed by atoms with Crippen molar-refractivity contribution in [3.63, 3.8) is 0 Å². The van der Waals surface area contributed by atoms with E-state index in [-0.39, 0.29) is 0 Å². The van der Waals surface area contributed by atoms with Crippen LogP contribution in [0.5, 0.6) is 0 Å². The average Bonchev–Trinajstić information content (AvgIpc) is 2.78. The number of rotatable bonds is 5. The smallest absolute Gasteiger partial charge is 0.199 e. The zero-order valence-corrected chi connectivity index (χ0v) is 9.80. The third kappa shape index (κ3) is 2.06. The van der Waals surface area contributed by atoms with Crippen molar-refractivity contribution in [3.8, 4) is 0 Å². The Labute approximate surface area is 98.2 Å². The zero-order valence-electron chi connectivity index (χ0n) is 9.04. The topological polar surface area (TPSA) is 59.2 Å². The standard InChI is InChI=1S/C9H13ClN6/c1-2-15(5-3-4-10)9-7-11-6-8-12-13-14-16(8)9/h6-7H,2-5H2,1H3. The van der Waals surface area contributed by atoms with Crippen molar-refractivity contribution in [2.75, 3.05) is 23.9 Å². The Morgan fingerprint density at radius 1 is 1.44 bits per heavy atom. The SMILES string of the molecule is CCN(CCCCl)c1cncc2nnnn12. The van der Waals surface area contributed by atoms with Gasteiger partial charge in [-0.05, 0) is 23.8 Å². The molecule has 0 radical (unpaired) electrons. The van der Waals surface area contributed by atoms with E-state index in [2.05, 4.69) is 32.3 Å². The highest BCUT2D eigenvalue weighted by atomic mass is 35.5. The lowest BCUT2D eigenvalue weighted by atomic mass is 10.4. The molecule has 2 rings (SSSR count). The third-order valence-corrected chi connectivity index (χ3v) is 2.63. The fraction of sp³-hybridized carbons (Fsp3) is 0.556.